The minimum atomic E-state index is 0.407. The molecular formula is C17H29NO. The fourth-order valence-electron chi connectivity index (χ4n) is 2.39. The normalized spacial score (nSPS) is 14.7. The van der Waals surface area contributed by atoms with Gasteiger partial charge in [-0.25, -0.2) is 0 Å². The highest BCUT2D eigenvalue weighted by atomic mass is 16.3. The quantitative estimate of drug-likeness (QED) is 0.818. The van der Waals surface area contributed by atoms with Gasteiger partial charge in [0.25, 0.3) is 0 Å². The summed E-state index contributed by atoms with van der Waals surface area (Å²) >= 11 is 0. The molecule has 19 heavy (non-hydrogen) atoms. The van der Waals surface area contributed by atoms with E-state index in [0.29, 0.717) is 17.6 Å². The molecule has 2 heteroatoms. The summed E-state index contributed by atoms with van der Waals surface area (Å²) in [7, 11) is 4.16. The fourth-order valence-corrected chi connectivity index (χ4v) is 2.39. The number of benzene rings is 1. The molecule has 0 spiro atoms. The third-order valence-corrected chi connectivity index (χ3v) is 4.01. The van der Waals surface area contributed by atoms with Gasteiger partial charge in [-0.15, -0.1) is 0 Å². The third kappa shape index (κ3) is 3.97. The molecule has 0 aromatic heterocycles. The van der Waals surface area contributed by atoms with Crippen molar-refractivity contribution in [3.8, 4) is 5.75 Å². The molecule has 108 valence electrons. The molecule has 1 aromatic rings. The molecule has 1 rings (SSSR count). The van der Waals surface area contributed by atoms with Crippen molar-refractivity contribution in [1.82, 2.24) is 4.90 Å². The van der Waals surface area contributed by atoms with E-state index in [1.54, 1.807) is 0 Å². The van der Waals surface area contributed by atoms with Gasteiger partial charge in [-0.2, -0.15) is 0 Å². The molecule has 0 fully saturated rings. The largest absolute Gasteiger partial charge is 0.507 e. The molecule has 0 aliphatic rings. The first kappa shape index (κ1) is 16.0. The van der Waals surface area contributed by atoms with E-state index in [0.717, 1.165) is 30.5 Å². The molecule has 1 N–H and O–H groups in total. The summed E-state index contributed by atoms with van der Waals surface area (Å²) in [5.41, 5.74) is 3.52. The van der Waals surface area contributed by atoms with Gasteiger partial charge < -0.3 is 10.0 Å². The third-order valence-electron chi connectivity index (χ3n) is 4.01. The predicted octanol–water partition coefficient (Wildman–Crippen LogP) is 4.48. The summed E-state index contributed by atoms with van der Waals surface area (Å²) in [5, 5.41) is 10.5. The second-order valence-electron chi connectivity index (χ2n) is 5.98. The van der Waals surface area contributed by atoms with E-state index >= 15 is 0 Å². The molecule has 0 bridgehead atoms. The number of rotatable bonds is 6. The second kappa shape index (κ2) is 6.95. The lowest BCUT2D eigenvalue weighted by molar-refractivity contribution is 0.400. The Balaban J connectivity index is 3.29. The van der Waals surface area contributed by atoms with E-state index in [2.05, 4.69) is 58.8 Å². The molecule has 0 amide bonds. The Bertz CT molecular complexity index is 381. The molecule has 2 atom stereocenters. The molecule has 0 aliphatic heterocycles. The van der Waals surface area contributed by atoms with E-state index in [9.17, 15) is 5.11 Å². The minimum absolute atomic E-state index is 0.407. The highest BCUT2D eigenvalue weighted by Crippen LogP contribution is 2.37. The first-order valence-electron chi connectivity index (χ1n) is 7.41. The van der Waals surface area contributed by atoms with E-state index in [4.69, 9.17) is 0 Å². The number of phenolic OH excluding ortho intramolecular Hbond substituents is 1. The molecule has 2 nitrogen and oxygen atoms in total. The minimum Gasteiger partial charge on any atom is -0.507 e. The Morgan fingerprint density at radius 1 is 1.00 bits per heavy atom. The van der Waals surface area contributed by atoms with Crippen molar-refractivity contribution < 1.29 is 5.11 Å². The molecule has 0 saturated heterocycles. The maximum atomic E-state index is 10.5. The Morgan fingerprint density at radius 3 is 1.74 bits per heavy atom. The summed E-state index contributed by atoms with van der Waals surface area (Å²) in [4.78, 5) is 2.17. The summed E-state index contributed by atoms with van der Waals surface area (Å²) in [6.07, 6.45) is 2.11. The number of hydrogen-bond donors (Lipinski definition) is 1. The van der Waals surface area contributed by atoms with E-state index in [1.807, 2.05) is 0 Å². The molecule has 1 aromatic carbocycles. The van der Waals surface area contributed by atoms with Gasteiger partial charge in [-0.05, 0) is 55.5 Å². The van der Waals surface area contributed by atoms with Crippen LogP contribution in [-0.4, -0.2) is 24.1 Å². The number of hydrogen-bond acceptors (Lipinski definition) is 2. The predicted molar refractivity (Wildman–Crippen MR) is 82.9 cm³/mol. The van der Waals surface area contributed by atoms with Crippen LogP contribution in [0.2, 0.25) is 0 Å². The van der Waals surface area contributed by atoms with Crippen LogP contribution < -0.4 is 0 Å². The van der Waals surface area contributed by atoms with Gasteiger partial charge in [-0.3, -0.25) is 0 Å². The van der Waals surface area contributed by atoms with Crippen molar-refractivity contribution >= 4 is 0 Å². The topological polar surface area (TPSA) is 23.5 Å². The summed E-state index contributed by atoms with van der Waals surface area (Å²) in [6.45, 7) is 9.65. The van der Waals surface area contributed by atoms with Crippen LogP contribution in [0.1, 0.15) is 69.1 Å². The van der Waals surface area contributed by atoms with Crippen LogP contribution in [0.25, 0.3) is 0 Å². The first-order chi connectivity index (χ1) is 8.90. The highest BCUT2D eigenvalue weighted by molar-refractivity contribution is 5.47. The average Bonchev–Trinajstić information content (AvgIpc) is 2.38. The summed E-state index contributed by atoms with van der Waals surface area (Å²) in [5.74, 6) is 1.33. The SMILES string of the molecule is CCC(C)c1cc(CN(C)C)cc(C(C)CC)c1O. The lowest BCUT2D eigenvalue weighted by Crippen LogP contribution is -2.12. The Hall–Kier alpha value is -1.02. The van der Waals surface area contributed by atoms with Gasteiger partial charge in [-0.1, -0.05) is 39.8 Å². The van der Waals surface area contributed by atoms with Crippen molar-refractivity contribution in [1.29, 1.82) is 0 Å². The maximum absolute atomic E-state index is 10.5. The molecular weight excluding hydrogens is 234 g/mol. The fraction of sp³-hybridized carbons (Fsp3) is 0.647. The smallest absolute Gasteiger partial charge is 0.122 e. The zero-order chi connectivity index (χ0) is 14.6. The number of phenols is 1. The van der Waals surface area contributed by atoms with Crippen molar-refractivity contribution in [2.24, 2.45) is 0 Å². The van der Waals surface area contributed by atoms with Gasteiger partial charge in [0, 0.05) is 6.54 Å². The van der Waals surface area contributed by atoms with Crippen molar-refractivity contribution in [3.63, 3.8) is 0 Å². The van der Waals surface area contributed by atoms with Crippen molar-refractivity contribution in [2.45, 2.75) is 58.9 Å². The first-order valence-corrected chi connectivity index (χ1v) is 7.41. The van der Waals surface area contributed by atoms with Crippen LogP contribution in [0.15, 0.2) is 12.1 Å². The molecule has 0 aliphatic carbocycles. The number of nitrogens with zero attached hydrogens (tertiary/aromatic N) is 1. The van der Waals surface area contributed by atoms with Crippen LogP contribution in [0.4, 0.5) is 0 Å². The van der Waals surface area contributed by atoms with Gasteiger partial charge >= 0.3 is 0 Å². The zero-order valence-electron chi connectivity index (χ0n) is 13.3. The maximum Gasteiger partial charge on any atom is 0.122 e. The lowest BCUT2D eigenvalue weighted by atomic mass is 9.88. The summed E-state index contributed by atoms with van der Waals surface area (Å²) in [6, 6.07) is 4.35. The van der Waals surface area contributed by atoms with Gasteiger partial charge in [0.1, 0.15) is 5.75 Å². The average molecular weight is 263 g/mol. The zero-order valence-corrected chi connectivity index (χ0v) is 13.3. The van der Waals surface area contributed by atoms with Gasteiger partial charge in [0.05, 0.1) is 0 Å². The van der Waals surface area contributed by atoms with Crippen LogP contribution in [-0.2, 0) is 6.54 Å². The van der Waals surface area contributed by atoms with E-state index in [1.165, 1.54) is 5.56 Å². The Labute approximate surface area is 118 Å². The van der Waals surface area contributed by atoms with Crippen LogP contribution in [0.5, 0.6) is 5.75 Å². The second-order valence-corrected chi connectivity index (χ2v) is 5.98. The highest BCUT2D eigenvalue weighted by Gasteiger charge is 2.17. The van der Waals surface area contributed by atoms with Crippen LogP contribution in [0.3, 0.4) is 0 Å². The van der Waals surface area contributed by atoms with Gasteiger partial charge in [0.2, 0.25) is 0 Å². The van der Waals surface area contributed by atoms with E-state index < -0.39 is 0 Å². The van der Waals surface area contributed by atoms with Crippen LogP contribution >= 0.6 is 0 Å². The van der Waals surface area contributed by atoms with Crippen molar-refractivity contribution in [2.75, 3.05) is 14.1 Å². The Morgan fingerprint density at radius 2 is 1.42 bits per heavy atom. The number of aromatic hydroxyl groups is 1. The standard InChI is InChI=1S/C17H29NO/c1-7-12(3)15-9-14(11-18(5)6)10-16(17(15)19)13(4)8-2/h9-10,12-13,19H,7-8,11H2,1-6H3. The Kier molecular flexibility index (Phi) is 5.86. The van der Waals surface area contributed by atoms with Crippen LogP contribution in [0, 0.1) is 0 Å². The molecule has 0 heterocycles. The molecule has 2 unspecified atom stereocenters. The van der Waals surface area contributed by atoms with Crippen molar-refractivity contribution in [3.05, 3.63) is 28.8 Å². The molecule has 0 radical (unpaired) electrons. The lowest BCUT2D eigenvalue weighted by Gasteiger charge is -2.21. The van der Waals surface area contributed by atoms with Gasteiger partial charge in [0.15, 0.2) is 0 Å². The molecule has 0 saturated carbocycles. The summed E-state index contributed by atoms with van der Waals surface area (Å²) < 4.78 is 0. The van der Waals surface area contributed by atoms with E-state index in [-0.39, 0.29) is 0 Å². The monoisotopic (exact) mass is 263 g/mol.